The molecule has 2 N–H and O–H groups in total. The molecule has 0 saturated carbocycles. The molecule has 1 aromatic rings. The van der Waals surface area contributed by atoms with Crippen LogP contribution in [0, 0.1) is 0 Å². The van der Waals surface area contributed by atoms with Crippen molar-refractivity contribution in [2.45, 2.75) is 25.8 Å². The molecule has 0 aliphatic heterocycles. The van der Waals surface area contributed by atoms with Gasteiger partial charge in [0.2, 0.25) is 0 Å². The van der Waals surface area contributed by atoms with E-state index in [1.165, 1.54) is 16.2 Å². The maximum absolute atomic E-state index is 5.65. The Morgan fingerprint density at radius 2 is 2.55 bits per heavy atom. The van der Waals surface area contributed by atoms with E-state index in [4.69, 9.17) is 17.3 Å². The summed E-state index contributed by atoms with van der Waals surface area (Å²) >= 11 is 7.18. The van der Waals surface area contributed by atoms with Crippen molar-refractivity contribution in [3.05, 3.63) is 15.5 Å². The van der Waals surface area contributed by atoms with Crippen molar-refractivity contribution >= 4 is 22.9 Å². The third-order valence-corrected chi connectivity index (χ3v) is 2.55. The highest BCUT2D eigenvalue weighted by molar-refractivity contribution is 7.15. The van der Waals surface area contributed by atoms with Crippen LogP contribution in [-0.2, 0) is 6.42 Å². The Kier molecular flexibility index (Phi) is 3.30. The van der Waals surface area contributed by atoms with Crippen LogP contribution >= 0.6 is 22.9 Å². The minimum Gasteiger partial charge on any atom is -0.328 e. The number of rotatable bonds is 3. The summed E-state index contributed by atoms with van der Waals surface area (Å²) in [7, 11) is 0. The van der Waals surface area contributed by atoms with E-state index >= 15 is 0 Å². The smallest absolute Gasteiger partial charge is 0.183 e. The van der Waals surface area contributed by atoms with Crippen LogP contribution in [0.5, 0.6) is 0 Å². The monoisotopic (exact) mass is 190 g/mol. The van der Waals surface area contributed by atoms with Crippen molar-refractivity contribution in [3.8, 4) is 0 Å². The first-order valence-corrected chi connectivity index (χ1v) is 4.73. The minimum atomic E-state index is 0.260. The lowest BCUT2D eigenvalue weighted by Gasteiger charge is -2.00. The van der Waals surface area contributed by atoms with Crippen LogP contribution in [0.1, 0.15) is 18.2 Å². The van der Waals surface area contributed by atoms with Crippen molar-refractivity contribution in [3.63, 3.8) is 0 Å². The lowest BCUT2D eigenvalue weighted by Crippen LogP contribution is -2.14. The lowest BCUT2D eigenvalue weighted by molar-refractivity contribution is 0.670. The molecule has 11 heavy (non-hydrogen) atoms. The molecule has 1 heterocycles. The van der Waals surface area contributed by atoms with Crippen LogP contribution < -0.4 is 5.73 Å². The first-order valence-electron chi connectivity index (χ1n) is 3.54. The fourth-order valence-electron chi connectivity index (χ4n) is 0.769. The van der Waals surface area contributed by atoms with Crippen LogP contribution in [0.2, 0.25) is 4.47 Å². The van der Waals surface area contributed by atoms with Gasteiger partial charge in [-0.2, -0.15) is 0 Å². The van der Waals surface area contributed by atoms with Gasteiger partial charge in [0.15, 0.2) is 4.47 Å². The fraction of sp³-hybridized carbons (Fsp3) is 0.571. The van der Waals surface area contributed by atoms with E-state index in [0.717, 1.165) is 12.8 Å². The summed E-state index contributed by atoms with van der Waals surface area (Å²) in [5, 5.41) is 0. The van der Waals surface area contributed by atoms with Crippen molar-refractivity contribution < 1.29 is 0 Å². The second-order valence-corrected chi connectivity index (χ2v) is 4.29. The molecule has 0 fully saturated rings. The average molecular weight is 191 g/mol. The molecular formula is C7H11ClN2S. The van der Waals surface area contributed by atoms with Crippen LogP contribution in [0.3, 0.4) is 0 Å². The third-order valence-electron chi connectivity index (χ3n) is 1.37. The van der Waals surface area contributed by atoms with Gasteiger partial charge < -0.3 is 5.73 Å². The summed E-state index contributed by atoms with van der Waals surface area (Å²) < 4.78 is 0.615. The molecule has 1 unspecified atom stereocenters. The lowest BCUT2D eigenvalue weighted by atomic mass is 10.2. The predicted molar refractivity (Wildman–Crippen MR) is 49.1 cm³/mol. The predicted octanol–water partition coefficient (Wildman–Crippen LogP) is 2.08. The van der Waals surface area contributed by atoms with E-state index in [1.807, 2.05) is 13.1 Å². The molecule has 1 rings (SSSR count). The molecule has 0 aliphatic carbocycles. The highest BCUT2D eigenvalue weighted by Crippen LogP contribution is 2.19. The summed E-state index contributed by atoms with van der Waals surface area (Å²) in [6, 6.07) is 0.260. The number of hydrogen-bond donors (Lipinski definition) is 1. The van der Waals surface area contributed by atoms with E-state index in [-0.39, 0.29) is 6.04 Å². The largest absolute Gasteiger partial charge is 0.328 e. The van der Waals surface area contributed by atoms with Crippen molar-refractivity contribution in [2.75, 3.05) is 0 Å². The normalized spacial score (nSPS) is 13.4. The summed E-state index contributed by atoms with van der Waals surface area (Å²) in [5.41, 5.74) is 5.60. The zero-order valence-corrected chi connectivity index (χ0v) is 7.95. The Balaban J connectivity index is 2.39. The van der Waals surface area contributed by atoms with Gasteiger partial charge in [0.05, 0.1) is 0 Å². The summed E-state index contributed by atoms with van der Waals surface area (Å²) in [6.45, 7) is 2.00. The van der Waals surface area contributed by atoms with Crippen LogP contribution in [0.4, 0.5) is 0 Å². The first-order chi connectivity index (χ1) is 5.18. The van der Waals surface area contributed by atoms with E-state index in [9.17, 15) is 0 Å². The zero-order chi connectivity index (χ0) is 8.27. The van der Waals surface area contributed by atoms with Gasteiger partial charge in [-0.15, -0.1) is 11.3 Å². The molecule has 0 aliphatic rings. The van der Waals surface area contributed by atoms with Gasteiger partial charge in [0.25, 0.3) is 0 Å². The van der Waals surface area contributed by atoms with Crippen LogP contribution in [0.25, 0.3) is 0 Å². The molecule has 0 radical (unpaired) electrons. The summed E-state index contributed by atoms with van der Waals surface area (Å²) in [4.78, 5) is 5.15. The number of nitrogens with zero attached hydrogens (tertiary/aromatic N) is 1. The number of aromatic nitrogens is 1. The molecule has 0 saturated heterocycles. The van der Waals surface area contributed by atoms with E-state index in [1.54, 1.807) is 0 Å². The fourth-order valence-corrected chi connectivity index (χ4v) is 1.76. The molecule has 1 atom stereocenters. The van der Waals surface area contributed by atoms with Gasteiger partial charge >= 0.3 is 0 Å². The second kappa shape index (κ2) is 4.04. The van der Waals surface area contributed by atoms with Gasteiger partial charge in [-0.1, -0.05) is 11.6 Å². The highest BCUT2D eigenvalue weighted by atomic mass is 35.5. The van der Waals surface area contributed by atoms with E-state index in [2.05, 4.69) is 4.98 Å². The quantitative estimate of drug-likeness (QED) is 0.793. The Hall–Kier alpha value is -0.120. The SMILES string of the molecule is CC(N)CCc1cnc(Cl)s1. The van der Waals surface area contributed by atoms with Gasteiger partial charge in [-0.3, -0.25) is 0 Å². The van der Waals surface area contributed by atoms with E-state index < -0.39 is 0 Å². The summed E-state index contributed by atoms with van der Waals surface area (Å²) in [6.07, 6.45) is 3.80. The Labute approximate surface area is 75.4 Å². The Morgan fingerprint density at radius 1 is 1.82 bits per heavy atom. The molecule has 1 aromatic heterocycles. The van der Waals surface area contributed by atoms with Gasteiger partial charge in [0, 0.05) is 17.1 Å². The van der Waals surface area contributed by atoms with Crippen molar-refractivity contribution in [1.29, 1.82) is 0 Å². The van der Waals surface area contributed by atoms with Crippen molar-refractivity contribution in [1.82, 2.24) is 4.98 Å². The topological polar surface area (TPSA) is 38.9 Å². The Morgan fingerprint density at radius 3 is 3.00 bits per heavy atom. The number of halogens is 1. The zero-order valence-electron chi connectivity index (χ0n) is 6.38. The highest BCUT2D eigenvalue weighted by Gasteiger charge is 2.00. The standard InChI is InChI=1S/C7H11ClN2S/c1-5(9)2-3-6-4-10-7(8)11-6/h4-5H,2-3,9H2,1H3. The maximum atomic E-state index is 5.65. The molecule has 62 valence electrons. The average Bonchev–Trinajstić information content (AvgIpc) is 2.31. The number of aryl methyl sites for hydroxylation is 1. The number of thiazole rings is 1. The van der Waals surface area contributed by atoms with Crippen LogP contribution in [0.15, 0.2) is 6.20 Å². The van der Waals surface area contributed by atoms with Gasteiger partial charge in [-0.05, 0) is 19.8 Å². The van der Waals surface area contributed by atoms with E-state index in [0.29, 0.717) is 4.47 Å². The summed E-state index contributed by atoms with van der Waals surface area (Å²) in [5.74, 6) is 0. The minimum absolute atomic E-state index is 0.260. The third kappa shape index (κ3) is 3.18. The second-order valence-electron chi connectivity index (χ2n) is 2.60. The molecular weight excluding hydrogens is 180 g/mol. The molecule has 0 bridgehead atoms. The molecule has 0 spiro atoms. The molecule has 0 aromatic carbocycles. The van der Waals surface area contributed by atoms with Crippen LogP contribution in [-0.4, -0.2) is 11.0 Å². The molecule has 4 heteroatoms. The number of nitrogens with two attached hydrogens (primary N) is 1. The van der Waals surface area contributed by atoms with Gasteiger partial charge in [-0.25, -0.2) is 4.98 Å². The van der Waals surface area contributed by atoms with Gasteiger partial charge in [0.1, 0.15) is 0 Å². The Bertz CT molecular complexity index is 222. The number of hydrogen-bond acceptors (Lipinski definition) is 3. The first kappa shape index (κ1) is 8.97. The molecule has 0 amide bonds. The van der Waals surface area contributed by atoms with Crippen molar-refractivity contribution in [2.24, 2.45) is 5.73 Å². The molecule has 2 nitrogen and oxygen atoms in total. The maximum Gasteiger partial charge on any atom is 0.183 e.